The third-order valence-electron chi connectivity index (χ3n) is 1.80. The summed E-state index contributed by atoms with van der Waals surface area (Å²) in [6.07, 6.45) is 5.95. The average molecular weight is 344 g/mol. The van der Waals surface area contributed by atoms with Gasteiger partial charge in [0, 0.05) is 24.6 Å². The Hall–Kier alpha value is -3.43. The molecule has 0 bridgehead atoms. The molecular weight excluding hydrogens is 328 g/mol. The van der Waals surface area contributed by atoms with Gasteiger partial charge < -0.3 is 24.8 Å². The summed E-state index contributed by atoms with van der Waals surface area (Å²) in [5.41, 5.74) is 0. The Bertz CT molecular complexity index is 542. The molecule has 3 N–H and O–H groups in total. The summed E-state index contributed by atoms with van der Waals surface area (Å²) in [6.45, 7) is 0.516. The third-order valence-corrected chi connectivity index (χ3v) is 1.80. The molecule has 132 valence electrons. The van der Waals surface area contributed by atoms with Crippen molar-refractivity contribution in [2.45, 2.75) is 6.42 Å². The Kier molecular flexibility index (Phi) is 13.8. The van der Waals surface area contributed by atoms with Crippen LogP contribution in [0.25, 0.3) is 0 Å². The van der Waals surface area contributed by atoms with E-state index in [1.807, 2.05) is 0 Å². The van der Waals surface area contributed by atoms with Crippen LogP contribution >= 0.6 is 0 Å². The zero-order valence-electron chi connectivity index (χ0n) is 12.6. The quantitative estimate of drug-likeness (QED) is 0.351. The highest BCUT2D eigenvalue weighted by Crippen LogP contribution is 2.07. The lowest BCUT2D eigenvalue weighted by Crippen LogP contribution is -1.99. The molecule has 10 heteroatoms. The van der Waals surface area contributed by atoms with Gasteiger partial charge in [0.25, 0.3) is 0 Å². The van der Waals surface area contributed by atoms with Gasteiger partial charge >= 0.3 is 23.9 Å². The van der Waals surface area contributed by atoms with Crippen LogP contribution in [0.5, 0.6) is 0 Å². The monoisotopic (exact) mass is 344 g/mol. The first-order chi connectivity index (χ1) is 11.2. The van der Waals surface area contributed by atoms with Gasteiger partial charge in [0.05, 0.1) is 13.7 Å². The first-order valence-corrected chi connectivity index (χ1v) is 6.14. The van der Waals surface area contributed by atoms with E-state index in [2.05, 4.69) is 9.47 Å². The number of aliphatic carboxylic acids is 3. The fraction of sp³-hybridized carbons (Fsp3) is 0.214. The molecule has 0 radical (unpaired) electrons. The normalized spacial score (nSPS) is 12.0. The smallest absolute Gasteiger partial charge is 0.370 e. The molecule has 10 nitrogen and oxygen atoms in total. The van der Waals surface area contributed by atoms with Crippen molar-refractivity contribution in [2.24, 2.45) is 0 Å². The van der Waals surface area contributed by atoms with Crippen LogP contribution in [0.2, 0.25) is 0 Å². The van der Waals surface area contributed by atoms with E-state index in [0.717, 1.165) is 24.6 Å². The van der Waals surface area contributed by atoms with Crippen LogP contribution in [0.3, 0.4) is 0 Å². The van der Waals surface area contributed by atoms with Crippen LogP contribution in [0, 0.1) is 0 Å². The first-order valence-electron chi connectivity index (χ1n) is 6.14. The Morgan fingerprint density at radius 2 is 1.67 bits per heavy atom. The zero-order chi connectivity index (χ0) is 19.0. The van der Waals surface area contributed by atoms with Gasteiger partial charge in [-0.25, -0.2) is 19.2 Å². The summed E-state index contributed by atoms with van der Waals surface area (Å²) in [6, 6.07) is 0. The predicted octanol–water partition coefficient (Wildman–Crippen LogP) is 0.00150. The number of ether oxygens (including phenoxy) is 2. The van der Waals surface area contributed by atoms with Crippen LogP contribution in [0.1, 0.15) is 6.42 Å². The fourth-order valence-corrected chi connectivity index (χ4v) is 0.896. The number of rotatable bonds is 5. The van der Waals surface area contributed by atoms with Crippen molar-refractivity contribution in [2.75, 3.05) is 13.7 Å². The van der Waals surface area contributed by atoms with Gasteiger partial charge in [0.15, 0.2) is 0 Å². The van der Waals surface area contributed by atoms with E-state index in [1.165, 1.54) is 7.11 Å². The molecule has 0 fully saturated rings. The van der Waals surface area contributed by atoms with Gasteiger partial charge in [-0.2, -0.15) is 0 Å². The minimum Gasteiger partial charge on any atom is -0.486 e. The van der Waals surface area contributed by atoms with Crippen LogP contribution in [-0.2, 0) is 33.4 Å². The number of carboxylic acids is 3. The minimum absolute atomic E-state index is 0.0880. The number of esters is 1. The Morgan fingerprint density at radius 3 is 1.92 bits per heavy atom. The largest absolute Gasteiger partial charge is 0.486 e. The molecule has 1 aliphatic heterocycles. The molecule has 24 heavy (non-hydrogen) atoms. The van der Waals surface area contributed by atoms with E-state index in [9.17, 15) is 24.0 Å². The highest BCUT2D eigenvalue weighted by atomic mass is 16.5. The second kappa shape index (κ2) is 14.5. The van der Waals surface area contributed by atoms with E-state index < -0.39 is 23.9 Å². The standard InChI is InChI=1S/C5H6O4.C5H6O3.C4H4O3/c1-9-5(8)3-2-4(6)7;6-5(7)4-2-1-3-8-4;5-3-1-2-4(6)7/h2-3H,1H3,(H,6,7);2H,1,3H2,(H,6,7);1-3H,(H,6,7)/b3-2+;;2-1+. The number of hydrogen-bond donors (Lipinski definition) is 3. The van der Waals surface area contributed by atoms with Crippen molar-refractivity contribution in [1.29, 1.82) is 0 Å². The molecule has 1 aliphatic rings. The second-order valence-corrected chi connectivity index (χ2v) is 3.54. The molecule has 0 unspecified atom stereocenters. The Labute approximate surface area is 136 Å². The number of allylic oxidation sites excluding steroid dienone is 1. The molecule has 0 atom stereocenters. The van der Waals surface area contributed by atoms with Crippen molar-refractivity contribution >= 4 is 30.2 Å². The Morgan fingerprint density at radius 1 is 1.08 bits per heavy atom. The SMILES string of the molecule is COC(=O)/C=C/C(=O)O.O=C(O)C1=CCCO1.O=C/C=C/C(=O)O. The number of hydrogen-bond acceptors (Lipinski definition) is 7. The predicted molar refractivity (Wildman–Crippen MR) is 77.9 cm³/mol. The molecule has 1 rings (SSSR count). The topological polar surface area (TPSA) is 164 Å². The molecule has 0 aromatic heterocycles. The number of carbonyl (C=O) groups is 5. The lowest BCUT2D eigenvalue weighted by Gasteiger charge is -1.92. The molecule has 0 saturated carbocycles. The number of aldehydes is 1. The number of carbonyl (C=O) groups excluding carboxylic acids is 2. The van der Waals surface area contributed by atoms with Gasteiger partial charge in [0.2, 0.25) is 5.76 Å². The summed E-state index contributed by atoms with van der Waals surface area (Å²) < 4.78 is 8.79. The van der Waals surface area contributed by atoms with Crippen LogP contribution in [0.4, 0.5) is 0 Å². The van der Waals surface area contributed by atoms with E-state index >= 15 is 0 Å². The highest BCUT2D eigenvalue weighted by Gasteiger charge is 2.11. The van der Waals surface area contributed by atoms with Crippen molar-refractivity contribution in [1.82, 2.24) is 0 Å². The summed E-state index contributed by atoms with van der Waals surface area (Å²) in [5, 5.41) is 24.0. The van der Waals surface area contributed by atoms with Gasteiger partial charge in [-0.1, -0.05) is 0 Å². The minimum atomic E-state index is -1.17. The zero-order valence-corrected chi connectivity index (χ0v) is 12.6. The van der Waals surface area contributed by atoms with Gasteiger partial charge in [-0.3, -0.25) is 4.79 Å². The summed E-state index contributed by atoms with van der Waals surface area (Å²) in [5.74, 6) is -3.82. The maximum absolute atomic E-state index is 10.1. The summed E-state index contributed by atoms with van der Waals surface area (Å²) in [7, 11) is 1.18. The van der Waals surface area contributed by atoms with Crippen molar-refractivity contribution in [3.63, 3.8) is 0 Å². The molecule has 0 aromatic carbocycles. The molecule has 1 heterocycles. The second-order valence-electron chi connectivity index (χ2n) is 3.54. The molecule has 0 spiro atoms. The lowest BCUT2D eigenvalue weighted by molar-refractivity contribution is -0.136. The van der Waals surface area contributed by atoms with Crippen molar-refractivity contribution < 1.29 is 48.8 Å². The summed E-state index contributed by atoms with van der Waals surface area (Å²) >= 11 is 0. The molecular formula is C14H16O10. The van der Waals surface area contributed by atoms with Crippen LogP contribution in [-0.4, -0.2) is 59.2 Å². The molecule has 0 amide bonds. The molecule has 0 aromatic rings. The van der Waals surface area contributed by atoms with E-state index in [-0.39, 0.29) is 5.76 Å². The van der Waals surface area contributed by atoms with E-state index in [1.54, 1.807) is 6.08 Å². The van der Waals surface area contributed by atoms with E-state index in [0.29, 0.717) is 19.0 Å². The maximum Gasteiger partial charge on any atom is 0.370 e. The Balaban J connectivity index is 0. The summed E-state index contributed by atoms with van der Waals surface area (Å²) in [4.78, 5) is 48.7. The highest BCUT2D eigenvalue weighted by molar-refractivity contribution is 5.90. The third kappa shape index (κ3) is 16.6. The average Bonchev–Trinajstić information content (AvgIpc) is 3.06. The number of methoxy groups -OCH3 is 1. The van der Waals surface area contributed by atoms with Gasteiger partial charge in [0.1, 0.15) is 6.29 Å². The fourth-order valence-electron chi connectivity index (χ4n) is 0.896. The lowest BCUT2D eigenvalue weighted by atomic mass is 10.4. The number of carboxylic acid groups (broad SMARTS) is 3. The van der Waals surface area contributed by atoms with Gasteiger partial charge in [-0.15, -0.1) is 0 Å². The first kappa shape index (κ1) is 22.8. The van der Waals surface area contributed by atoms with Crippen LogP contribution < -0.4 is 0 Å². The molecule has 0 saturated heterocycles. The van der Waals surface area contributed by atoms with E-state index in [4.69, 9.17) is 15.3 Å². The molecule has 0 aliphatic carbocycles. The van der Waals surface area contributed by atoms with Crippen molar-refractivity contribution in [3.05, 3.63) is 36.1 Å². The van der Waals surface area contributed by atoms with Crippen LogP contribution in [0.15, 0.2) is 36.1 Å². The van der Waals surface area contributed by atoms with Gasteiger partial charge in [-0.05, 0) is 12.2 Å². The van der Waals surface area contributed by atoms with Crippen molar-refractivity contribution in [3.8, 4) is 0 Å². The maximum atomic E-state index is 10.1.